The number of methoxy groups -OCH3 is 1. The zero-order valence-corrected chi connectivity index (χ0v) is 18.1. The van der Waals surface area contributed by atoms with Crippen molar-refractivity contribution in [3.05, 3.63) is 54.1 Å². The van der Waals surface area contributed by atoms with Crippen LogP contribution in [-0.4, -0.2) is 45.6 Å². The molecule has 3 aromatic rings. The molecular weight excluding hydrogens is 414 g/mol. The van der Waals surface area contributed by atoms with Crippen LogP contribution in [-0.2, 0) is 4.79 Å². The second-order valence-electron chi connectivity index (χ2n) is 7.26. The predicted octanol–water partition coefficient (Wildman–Crippen LogP) is 3.33. The second-order valence-corrected chi connectivity index (χ2v) is 8.20. The lowest BCUT2D eigenvalue weighted by molar-refractivity contribution is -0.117. The van der Waals surface area contributed by atoms with Gasteiger partial charge in [-0.2, -0.15) is 0 Å². The number of imide groups is 1. The van der Waals surface area contributed by atoms with Crippen LogP contribution in [0, 0.1) is 6.92 Å². The smallest absolute Gasteiger partial charge is 0.321 e. The zero-order valence-electron chi connectivity index (χ0n) is 17.3. The number of hydrogen-bond donors (Lipinski definition) is 2. The highest BCUT2D eigenvalue weighted by Gasteiger charge is 2.24. The van der Waals surface area contributed by atoms with E-state index in [1.165, 1.54) is 11.8 Å². The molecule has 1 fully saturated rings. The van der Waals surface area contributed by atoms with Crippen LogP contribution in [0.2, 0.25) is 0 Å². The van der Waals surface area contributed by atoms with E-state index in [1.54, 1.807) is 7.11 Å². The first-order chi connectivity index (χ1) is 15.0. The molecule has 8 nitrogen and oxygen atoms in total. The number of carbonyl (C=O) groups is 2. The Bertz CT molecular complexity index is 1090. The van der Waals surface area contributed by atoms with Crippen molar-refractivity contribution in [2.45, 2.75) is 31.0 Å². The number of rotatable bonds is 7. The number of thioether (sulfide) groups is 1. The first-order valence-corrected chi connectivity index (χ1v) is 10.9. The number of urea groups is 1. The highest BCUT2D eigenvalue weighted by Crippen LogP contribution is 2.33. The Labute approximate surface area is 184 Å². The molecule has 3 amide bonds. The largest absolute Gasteiger partial charge is 0.496 e. The molecule has 1 aliphatic carbocycles. The van der Waals surface area contributed by atoms with E-state index in [0.717, 1.165) is 29.7 Å². The number of nitrogens with one attached hydrogen (secondary N) is 2. The van der Waals surface area contributed by atoms with E-state index in [1.807, 2.05) is 60.0 Å². The third kappa shape index (κ3) is 5.05. The van der Waals surface area contributed by atoms with Crippen LogP contribution in [0.15, 0.2) is 53.7 Å². The van der Waals surface area contributed by atoms with Gasteiger partial charge in [-0.25, -0.2) is 4.79 Å². The summed E-state index contributed by atoms with van der Waals surface area (Å²) in [7, 11) is 1.61. The normalized spacial score (nSPS) is 13.0. The molecule has 0 radical (unpaired) electrons. The van der Waals surface area contributed by atoms with Crippen molar-refractivity contribution >= 4 is 23.7 Å². The number of ether oxygens (including phenoxy) is 1. The molecule has 1 saturated carbocycles. The molecule has 0 saturated heterocycles. The number of benzene rings is 2. The van der Waals surface area contributed by atoms with Crippen LogP contribution < -0.4 is 15.4 Å². The number of amides is 3. The van der Waals surface area contributed by atoms with Crippen LogP contribution in [0.3, 0.4) is 0 Å². The molecule has 4 rings (SSSR count). The third-order valence-electron chi connectivity index (χ3n) is 4.77. The average molecular weight is 438 g/mol. The van der Waals surface area contributed by atoms with Gasteiger partial charge >= 0.3 is 6.03 Å². The lowest BCUT2D eigenvalue weighted by atomic mass is 10.1. The van der Waals surface area contributed by atoms with Gasteiger partial charge in [0, 0.05) is 11.7 Å². The summed E-state index contributed by atoms with van der Waals surface area (Å²) < 4.78 is 7.39. The first-order valence-electron chi connectivity index (χ1n) is 9.94. The summed E-state index contributed by atoms with van der Waals surface area (Å²) in [5, 5.41) is 14.3. The summed E-state index contributed by atoms with van der Waals surface area (Å²) in [6.45, 7) is 2.02. The molecule has 1 aromatic heterocycles. The molecule has 1 heterocycles. The summed E-state index contributed by atoms with van der Waals surface area (Å²) in [5.41, 5.74) is 2.79. The summed E-state index contributed by atoms with van der Waals surface area (Å²) in [6.07, 6.45) is 1.92. The first kappa shape index (κ1) is 20.9. The second kappa shape index (κ2) is 9.22. The molecule has 160 valence electrons. The summed E-state index contributed by atoms with van der Waals surface area (Å²) in [5.74, 6) is 0.930. The van der Waals surface area contributed by atoms with Gasteiger partial charge in [-0.1, -0.05) is 41.6 Å². The van der Waals surface area contributed by atoms with Crippen molar-refractivity contribution in [1.29, 1.82) is 0 Å². The van der Waals surface area contributed by atoms with Crippen molar-refractivity contribution in [2.24, 2.45) is 0 Å². The number of aromatic nitrogens is 3. The van der Waals surface area contributed by atoms with Crippen LogP contribution >= 0.6 is 11.8 Å². The van der Waals surface area contributed by atoms with Gasteiger partial charge in [-0.05, 0) is 44.0 Å². The Kier molecular flexibility index (Phi) is 6.22. The highest BCUT2D eigenvalue weighted by atomic mass is 32.2. The highest BCUT2D eigenvalue weighted by molar-refractivity contribution is 7.99. The fourth-order valence-electron chi connectivity index (χ4n) is 3.04. The SMILES string of the molecule is COc1ccccc1-c1nnc(SCC(=O)NC(=O)NC2CC2)n1-c1ccc(C)cc1. The van der Waals surface area contributed by atoms with Gasteiger partial charge in [0.1, 0.15) is 5.75 Å². The summed E-state index contributed by atoms with van der Waals surface area (Å²) >= 11 is 1.22. The van der Waals surface area contributed by atoms with Crippen molar-refractivity contribution in [3.63, 3.8) is 0 Å². The van der Waals surface area contributed by atoms with E-state index in [-0.39, 0.29) is 17.7 Å². The number of hydrogen-bond acceptors (Lipinski definition) is 6. The monoisotopic (exact) mass is 437 g/mol. The van der Waals surface area contributed by atoms with Gasteiger partial charge in [-0.3, -0.25) is 14.7 Å². The Morgan fingerprint density at radius 3 is 2.58 bits per heavy atom. The molecule has 31 heavy (non-hydrogen) atoms. The molecule has 2 N–H and O–H groups in total. The van der Waals surface area contributed by atoms with E-state index < -0.39 is 6.03 Å². The lowest BCUT2D eigenvalue weighted by Gasteiger charge is -2.12. The van der Waals surface area contributed by atoms with Gasteiger partial charge in [0.15, 0.2) is 11.0 Å². The maximum Gasteiger partial charge on any atom is 0.321 e. The Morgan fingerprint density at radius 1 is 1.13 bits per heavy atom. The Morgan fingerprint density at radius 2 is 1.87 bits per heavy atom. The molecule has 0 bridgehead atoms. The van der Waals surface area contributed by atoms with E-state index in [0.29, 0.717) is 16.7 Å². The summed E-state index contributed by atoms with van der Waals surface area (Å²) in [6, 6.07) is 15.3. The minimum atomic E-state index is -0.456. The third-order valence-corrected chi connectivity index (χ3v) is 5.70. The molecule has 1 aliphatic rings. The number of aryl methyl sites for hydroxylation is 1. The Balaban J connectivity index is 1.60. The van der Waals surface area contributed by atoms with Gasteiger partial charge < -0.3 is 10.1 Å². The van der Waals surface area contributed by atoms with E-state index in [4.69, 9.17) is 4.74 Å². The molecule has 9 heteroatoms. The van der Waals surface area contributed by atoms with Crippen molar-refractivity contribution in [2.75, 3.05) is 12.9 Å². The van der Waals surface area contributed by atoms with Crippen LogP contribution in [0.5, 0.6) is 5.75 Å². The molecule has 0 spiro atoms. The zero-order chi connectivity index (χ0) is 21.8. The van der Waals surface area contributed by atoms with Gasteiger partial charge in [0.25, 0.3) is 0 Å². The minimum Gasteiger partial charge on any atom is -0.496 e. The maximum atomic E-state index is 12.2. The van der Waals surface area contributed by atoms with Gasteiger partial charge in [-0.15, -0.1) is 10.2 Å². The standard InChI is InChI=1S/C22H23N5O3S/c1-14-7-11-16(12-8-14)27-20(17-5-3-4-6-18(17)30-2)25-26-22(27)31-13-19(28)24-21(29)23-15-9-10-15/h3-8,11-12,15H,9-10,13H2,1-2H3,(H2,23,24,28,29). The molecule has 0 atom stereocenters. The maximum absolute atomic E-state index is 12.2. The van der Waals surface area contributed by atoms with Crippen LogP contribution in [0.25, 0.3) is 17.1 Å². The molecule has 0 aliphatic heterocycles. The van der Waals surface area contributed by atoms with E-state index in [9.17, 15) is 9.59 Å². The Hall–Kier alpha value is -3.33. The quantitative estimate of drug-likeness (QED) is 0.550. The van der Waals surface area contributed by atoms with Gasteiger partial charge in [0.2, 0.25) is 5.91 Å². The van der Waals surface area contributed by atoms with Crippen molar-refractivity contribution in [1.82, 2.24) is 25.4 Å². The predicted molar refractivity (Wildman–Crippen MR) is 119 cm³/mol. The summed E-state index contributed by atoms with van der Waals surface area (Å²) in [4.78, 5) is 24.0. The van der Waals surface area contributed by atoms with Crippen LogP contribution in [0.1, 0.15) is 18.4 Å². The fourth-order valence-corrected chi connectivity index (χ4v) is 3.79. The number of carbonyl (C=O) groups excluding carboxylic acids is 2. The van der Waals surface area contributed by atoms with E-state index >= 15 is 0 Å². The molecule has 2 aromatic carbocycles. The van der Waals surface area contributed by atoms with E-state index in [2.05, 4.69) is 20.8 Å². The molecule has 0 unspecified atom stereocenters. The number of para-hydroxylation sites is 1. The fraction of sp³-hybridized carbons (Fsp3) is 0.273. The number of nitrogens with zero attached hydrogens (tertiary/aromatic N) is 3. The lowest BCUT2D eigenvalue weighted by Crippen LogP contribution is -2.41. The average Bonchev–Trinajstić information content (AvgIpc) is 3.48. The van der Waals surface area contributed by atoms with Crippen molar-refractivity contribution in [3.8, 4) is 22.8 Å². The topological polar surface area (TPSA) is 98.1 Å². The van der Waals surface area contributed by atoms with Crippen LogP contribution in [0.4, 0.5) is 4.79 Å². The minimum absolute atomic E-state index is 0.0357. The van der Waals surface area contributed by atoms with Crippen molar-refractivity contribution < 1.29 is 14.3 Å². The molecular formula is C22H23N5O3S. The van der Waals surface area contributed by atoms with Gasteiger partial charge in [0.05, 0.1) is 18.4 Å².